The fraction of sp³-hybridized carbons (Fsp3) is 0.500. The average Bonchev–Trinajstić information content (AvgIpc) is 2.82. The Morgan fingerprint density at radius 1 is 1.22 bits per heavy atom. The Hall–Kier alpha value is -1.40. The van der Waals surface area contributed by atoms with Gasteiger partial charge >= 0.3 is 0 Å². The molecule has 0 radical (unpaired) electrons. The van der Waals surface area contributed by atoms with Gasteiger partial charge in [-0.15, -0.1) is 10.2 Å². The number of rotatable bonds is 4. The summed E-state index contributed by atoms with van der Waals surface area (Å²) in [6.07, 6.45) is 0. The lowest BCUT2D eigenvalue weighted by molar-refractivity contribution is 0.590. The van der Waals surface area contributed by atoms with Gasteiger partial charge in [-0.25, -0.2) is 0 Å². The van der Waals surface area contributed by atoms with Crippen LogP contribution in [0.2, 0.25) is 0 Å². The van der Waals surface area contributed by atoms with Crippen molar-refractivity contribution in [3.05, 3.63) is 22.5 Å². The zero-order chi connectivity index (χ0) is 13.1. The van der Waals surface area contributed by atoms with Crippen LogP contribution in [0.3, 0.4) is 0 Å². The fourth-order valence-corrected chi connectivity index (χ4v) is 2.62. The van der Waals surface area contributed by atoms with Gasteiger partial charge in [-0.1, -0.05) is 18.3 Å². The Balaban J connectivity index is 2.32. The summed E-state index contributed by atoms with van der Waals surface area (Å²) in [4.78, 5) is 0. The molecule has 0 spiro atoms. The van der Waals surface area contributed by atoms with E-state index in [1.807, 2.05) is 19.9 Å². The van der Waals surface area contributed by atoms with Crippen LogP contribution in [0.15, 0.2) is 6.07 Å². The van der Waals surface area contributed by atoms with Gasteiger partial charge in [0.25, 0.3) is 0 Å². The van der Waals surface area contributed by atoms with Gasteiger partial charge in [0.2, 0.25) is 0 Å². The highest BCUT2D eigenvalue weighted by Crippen LogP contribution is 2.28. The minimum Gasteiger partial charge on any atom is -0.308 e. The van der Waals surface area contributed by atoms with Gasteiger partial charge in [-0.3, -0.25) is 0 Å². The van der Waals surface area contributed by atoms with E-state index in [1.54, 1.807) is 11.3 Å². The summed E-state index contributed by atoms with van der Waals surface area (Å²) in [7, 11) is 0. The molecule has 0 bridgehead atoms. The van der Waals surface area contributed by atoms with E-state index in [2.05, 4.69) is 39.6 Å². The molecule has 5 nitrogen and oxygen atoms in total. The van der Waals surface area contributed by atoms with Crippen molar-refractivity contribution in [1.29, 1.82) is 0 Å². The first-order valence-corrected chi connectivity index (χ1v) is 6.81. The summed E-state index contributed by atoms with van der Waals surface area (Å²) in [5.74, 6) is 0. The van der Waals surface area contributed by atoms with Crippen LogP contribution >= 0.6 is 11.3 Å². The van der Waals surface area contributed by atoms with Crippen LogP contribution in [-0.2, 0) is 0 Å². The summed E-state index contributed by atoms with van der Waals surface area (Å²) < 4.78 is 0. The molecule has 0 amide bonds. The van der Waals surface area contributed by atoms with Gasteiger partial charge in [0, 0.05) is 5.56 Å². The smallest absolute Gasteiger partial charge is 0.149 e. The highest BCUT2D eigenvalue weighted by atomic mass is 32.1. The van der Waals surface area contributed by atoms with Gasteiger partial charge in [0.1, 0.15) is 10.0 Å². The lowest BCUT2D eigenvalue weighted by Crippen LogP contribution is -2.17. The second kappa shape index (κ2) is 5.49. The molecule has 2 aromatic heterocycles. The Bertz CT molecular complexity index is 537. The molecular weight excluding hydrogens is 246 g/mol. The summed E-state index contributed by atoms with van der Waals surface area (Å²) in [6.45, 7) is 8.97. The molecule has 0 aromatic carbocycles. The second-order valence-electron chi connectivity index (χ2n) is 4.21. The number of aryl methyl sites for hydroxylation is 2. The van der Waals surface area contributed by atoms with Gasteiger partial charge < -0.3 is 5.32 Å². The fourth-order valence-electron chi connectivity index (χ4n) is 1.68. The molecule has 1 unspecified atom stereocenters. The molecule has 6 heteroatoms. The van der Waals surface area contributed by atoms with E-state index in [1.165, 1.54) is 0 Å². The Morgan fingerprint density at radius 2 is 2.00 bits per heavy atom. The molecule has 0 aliphatic carbocycles. The van der Waals surface area contributed by atoms with Crippen LogP contribution in [0.4, 0.5) is 0 Å². The molecule has 1 atom stereocenters. The molecule has 0 aliphatic rings. The normalized spacial score (nSPS) is 12.7. The zero-order valence-electron chi connectivity index (χ0n) is 11.1. The monoisotopic (exact) mass is 263 g/mol. The molecule has 0 aliphatic heterocycles. The molecule has 2 aromatic rings. The predicted octanol–water partition coefficient (Wildman–Crippen LogP) is 2.28. The zero-order valence-corrected chi connectivity index (χ0v) is 11.9. The first kappa shape index (κ1) is 13.0. The number of hydrogen-bond donors (Lipinski definition) is 1. The first-order valence-electron chi connectivity index (χ1n) is 6.00. The van der Waals surface area contributed by atoms with E-state index >= 15 is 0 Å². The quantitative estimate of drug-likeness (QED) is 0.917. The second-order valence-corrected chi connectivity index (χ2v) is 5.22. The average molecular weight is 263 g/mol. The van der Waals surface area contributed by atoms with Gasteiger partial charge in [0.15, 0.2) is 0 Å². The van der Waals surface area contributed by atoms with Crippen LogP contribution in [0.5, 0.6) is 0 Å². The van der Waals surface area contributed by atoms with Crippen molar-refractivity contribution in [1.82, 2.24) is 25.7 Å². The Labute approximate surface area is 111 Å². The molecule has 2 heterocycles. The standard InChI is InChI=1S/C12H17N5S/c1-5-13-9(4)11-16-17-12(18-11)10-6-7(2)14-15-8(10)3/h6,9,13H,5H2,1-4H3. The minimum atomic E-state index is 0.234. The van der Waals surface area contributed by atoms with E-state index in [4.69, 9.17) is 0 Å². The molecule has 96 valence electrons. The Morgan fingerprint density at radius 3 is 2.72 bits per heavy atom. The lowest BCUT2D eigenvalue weighted by Gasteiger charge is -2.06. The maximum absolute atomic E-state index is 4.25. The van der Waals surface area contributed by atoms with Crippen molar-refractivity contribution >= 4 is 11.3 Å². The summed E-state index contributed by atoms with van der Waals surface area (Å²) in [6, 6.07) is 2.24. The summed E-state index contributed by atoms with van der Waals surface area (Å²) in [5.41, 5.74) is 2.81. The van der Waals surface area contributed by atoms with Gasteiger partial charge in [0.05, 0.1) is 17.4 Å². The van der Waals surface area contributed by atoms with Crippen molar-refractivity contribution in [3.63, 3.8) is 0 Å². The number of nitrogens with zero attached hydrogens (tertiary/aromatic N) is 4. The van der Waals surface area contributed by atoms with E-state index in [-0.39, 0.29) is 6.04 Å². The van der Waals surface area contributed by atoms with E-state index in [0.29, 0.717) is 0 Å². The molecule has 0 saturated heterocycles. The summed E-state index contributed by atoms with van der Waals surface area (Å²) in [5, 5.41) is 21.9. The van der Waals surface area contributed by atoms with E-state index in [0.717, 1.165) is 33.5 Å². The van der Waals surface area contributed by atoms with Gasteiger partial charge in [-0.2, -0.15) is 10.2 Å². The highest BCUT2D eigenvalue weighted by Gasteiger charge is 2.14. The van der Waals surface area contributed by atoms with Crippen LogP contribution in [0.25, 0.3) is 10.6 Å². The molecule has 1 N–H and O–H groups in total. The minimum absolute atomic E-state index is 0.234. The Kier molecular flexibility index (Phi) is 3.98. The third kappa shape index (κ3) is 2.70. The third-order valence-corrected chi connectivity index (χ3v) is 3.79. The van der Waals surface area contributed by atoms with Crippen molar-refractivity contribution in [2.45, 2.75) is 33.7 Å². The van der Waals surface area contributed by atoms with Crippen LogP contribution in [0.1, 0.15) is 36.3 Å². The maximum Gasteiger partial charge on any atom is 0.149 e. The topological polar surface area (TPSA) is 63.6 Å². The number of hydrogen-bond acceptors (Lipinski definition) is 6. The first-order chi connectivity index (χ1) is 8.61. The molecule has 0 saturated carbocycles. The largest absolute Gasteiger partial charge is 0.308 e. The van der Waals surface area contributed by atoms with Crippen LogP contribution < -0.4 is 5.32 Å². The molecule has 18 heavy (non-hydrogen) atoms. The van der Waals surface area contributed by atoms with E-state index in [9.17, 15) is 0 Å². The summed E-state index contributed by atoms with van der Waals surface area (Å²) >= 11 is 1.60. The molecular formula is C12H17N5S. The molecule has 2 rings (SSSR count). The lowest BCUT2D eigenvalue weighted by atomic mass is 10.2. The van der Waals surface area contributed by atoms with Crippen LogP contribution in [0, 0.1) is 13.8 Å². The SMILES string of the molecule is CCNC(C)c1nnc(-c2cc(C)nnc2C)s1. The highest BCUT2D eigenvalue weighted by molar-refractivity contribution is 7.14. The van der Waals surface area contributed by atoms with Crippen LogP contribution in [-0.4, -0.2) is 26.9 Å². The third-order valence-electron chi connectivity index (χ3n) is 2.65. The van der Waals surface area contributed by atoms with Crippen molar-refractivity contribution in [2.75, 3.05) is 6.54 Å². The number of nitrogens with one attached hydrogen (secondary N) is 1. The van der Waals surface area contributed by atoms with Gasteiger partial charge in [-0.05, 0) is 33.4 Å². The van der Waals surface area contributed by atoms with Crippen molar-refractivity contribution in [3.8, 4) is 10.6 Å². The van der Waals surface area contributed by atoms with Crippen molar-refractivity contribution in [2.24, 2.45) is 0 Å². The molecule has 0 fully saturated rings. The van der Waals surface area contributed by atoms with E-state index < -0.39 is 0 Å². The predicted molar refractivity (Wildman–Crippen MR) is 72.5 cm³/mol. The maximum atomic E-state index is 4.25. The number of aromatic nitrogens is 4. The van der Waals surface area contributed by atoms with Crippen molar-refractivity contribution < 1.29 is 0 Å².